The minimum atomic E-state index is -0.386. The highest BCUT2D eigenvalue weighted by atomic mass is 16.5. The molecule has 0 atom stereocenters. The van der Waals surface area contributed by atoms with Crippen LogP contribution in [0.15, 0.2) is 27.8 Å². The maximum absolute atomic E-state index is 11.8. The lowest BCUT2D eigenvalue weighted by Crippen LogP contribution is -3.06. The third kappa shape index (κ3) is 6.35. The molecule has 1 rings (SSSR count). The van der Waals surface area contributed by atoms with Crippen LogP contribution in [-0.2, 0) is 9.47 Å². The topological polar surface area (TPSA) is 77.5 Å². The third-order valence-electron chi connectivity index (χ3n) is 2.36. The van der Waals surface area contributed by atoms with Crippen molar-refractivity contribution in [2.75, 3.05) is 47.5 Å². The number of amides is 1. The minimum Gasteiger partial charge on any atom is -0.463 e. The van der Waals surface area contributed by atoms with Gasteiger partial charge in [0.05, 0.1) is 40.1 Å². The van der Waals surface area contributed by atoms with Gasteiger partial charge in [-0.25, -0.2) is 4.99 Å². The van der Waals surface area contributed by atoms with Crippen molar-refractivity contribution < 1.29 is 23.6 Å². The molecule has 0 aliphatic heterocycles. The number of furan rings is 1. The predicted molar refractivity (Wildman–Crippen MR) is 74.0 cm³/mol. The van der Waals surface area contributed by atoms with Gasteiger partial charge >= 0.3 is 0 Å². The standard InChI is InChI=1S/C13H21N3O4/c1-16(2)7-6-14-13(20-10-9-18-3)15-12(17)11-5-4-8-19-11/h4-5,8H,6-7,9-10H2,1-3H3,(H,14,15,17)/p+1. The van der Waals surface area contributed by atoms with Crippen molar-refractivity contribution in [3.05, 3.63) is 24.2 Å². The maximum Gasteiger partial charge on any atom is 0.294 e. The minimum absolute atomic E-state index is 0.185. The number of likely N-dealkylation sites (N-methyl/N-ethyl adjacent to an activating group) is 1. The van der Waals surface area contributed by atoms with E-state index < -0.39 is 0 Å². The number of nitrogens with one attached hydrogen (secondary N) is 2. The molecule has 0 saturated carbocycles. The molecule has 0 unspecified atom stereocenters. The lowest BCUT2D eigenvalue weighted by molar-refractivity contribution is -0.856. The van der Waals surface area contributed by atoms with Crippen LogP contribution in [0.5, 0.6) is 0 Å². The van der Waals surface area contributed by atoms with Crippen LogP contribution in [0.2, 0.25) is 0 Å². The summed E-state index contributed by atoms with van der Waals surface area (Å²) in [6, 6.07) is 3.41. The van der Waals surface area contributed by atoms with E-state index in [2.05, 4.69) is 10.3 Å². The molecule has 1 heterocycles. The summed E-state index contributed by atoms with van der Waals surface area (Å²) in [6.45, 7) is 2.15. The van der Waals surface area contributed by atoms with Gasteiger partial charge in [-0.15, -0.1) is 0 Å². The molecular formula is C13H22N3O4+. The monoisotopic (exact) mass is 284 g/mol. The molecular weight excluding hydrogens is 262 g/mol. The van der Waals surface area contributed by atoms with Crippen LogP contribution >= 0.6 is 0 Å². The maximum atomic E-state index is 11.8. The molecule has 0 spiro atoms. The molecule has 0 fully saturated rings. The van der Waals surface area contributed by atoms with Gasteiger partial charge in [-0.05, 0) is 12.1 Å². The predicted octanol–water partition coefficient (Wildman–Crippen LogP) is -0.827. The summed E-state index contributed by atoms with van der Waals surface area (Å²) < 4.78 is 15.3. The zero-order valence-corrected chi connectivity index (χ0v) is 12.1. The summed E-state index contributed by atoms with van der Waals surface area (Å²) in [5.74, 6) is -0.172. The normalized spacial score (nSPS) is 11.7. The van der Waals surface area contributed by atoms with Crippen LogP contribution in [0.3, 0.4) is 0 Å². The first-order valence-electron chi connectivity index (χ1n) is 6.43. The Morgan fingerprint density at radius 1 is 1.45 bits per heavy atom. The molecule has 0 bridgehead atoms. The molecule has 1 amide bonds. The van der Waals surface area contributed by atoms with Gasteiger partial charge in [-0.1, -0.05) is 0 Å². The van der Waals surface area contributed by atoms with E-state index in [0.717, 1.165) is 6.54 Å². The average Bonchev–Trinajstić information content (AvgIpc) is 2.92. The molecule has 0 saturated heterocycles. The Balaban J connectivity index is 2.54. The molecule has 112 valence electrons. The largest absolute Gasteiger partial charge is 0.463 e. The van der Waals surface area contributed by atoms with Crippen LogP contribution < -0.4 is 10.2 Å². The number of hydrogen-bond acceptors (Lipinski definition) is 5. The second-order valence-corrected chi connectivity index (χ2v) is 4.42. The third-order valence-corrected chi connectivity index (χ3v) is 2.36. The van der Waals surface area contributed by atoms with Crippen molar-refractivity contribution in [3.63, 3.8) is 0 Å². The van der Waals surface area contributed by atoms with Gasteiger partial charge in [0, 0.05) is 7.11 Å². The number of aliphatic imine (C=N–C) groups is 1. The molecule has 1 aromatic rings. The van der Waals surface area contributed by atoms with E-state index in [1.165, 1.54) is 11.2 Å². The second-order valence-electron chi connectivity index (χ2n) is 4.42. The molecule has 0 aromatic carbocycles. The lowest BCUT2D eigenvalue weighted by atomic mass is 10.4. The smallest absolute Gasteiger partial charge is 0.294 e. The van der Waals surface area contributed by atoms with Crippen LogP contribution in [0, 0.1) is 0 Å². The number of hydrogen-bond donors (Lipinski definition) is 2. The van der Waals surface area contributed by atoms with E-state index in [1.807, 2.05) is 14.1 Å². The van der Waals surface area contributed by atoms with Gasteiger partial charge < -0.3 is 18.8 Å². The van der Waals surface area contributed by atoms with E-state index in [9.17, 15) is 4.79 Å². The summed E-state index contributed by atoms with van der Waals surface area (Å²) in [4.78, 5) is 17.3. The van der Waals surface area contributed by atoms with E-state index >= 15 is 0 Å². The fourth-order valence-corrected chi connectivity index (χ4v) is 1.29. The molecule has 0 radical (unpaired) electrons. The van der Waals surface area contributed by atoms with Crippen LogP contribution in [0.1, 0.15) is 10.6 Å². The fourth-order valence-electron chi connectivity index (χ4n) is 1.29. The number of amidine groups is 1. The Morgan fingerprint density at radius 2 is 2.25 bits per heavy atom. The first kappa shape index (κ1) is 16.2. The number of nitrogens with zero attached hydrogens (tertiary/aromatic N) is 1. The Hall–Kier alpha value is -1.86. The molecule has 7 heteroatoms. The first-order valence-corrected chi connectivity index (χ1v) is 6.43. The summed E-state index contributed by atoms with van der Waals surface area (Å²) in [5.41, 5.74) is 0. The number of ether oxygens (including phenoxy) is 2. The fraction of sp³-hybridized carbons (Fsp3) is 0.538. The summed E-state index contributed by atoms with van der Waals surface area (Å²) in [5, 5.41) is 2.58. The van der Waals surface area contributed by atoms with Crippen LogP contribution in [-0.4, -0.2) is 59.4 Å². The van der Waals surface area contributed by atoms with Crippen molar-refractivity contribution in [1.29, 1.82) is 0 Å². The van der Waals surface area contributed by atoms with Crippen molar-refractivity contribution in [1.82, 2.24) is 5.32 Å². The van der Waals surface area contributed by atoms with Crippen molar-refractivity contribution in [2.24, 2.45) is 4.99 Å². The number of carbonyl (C=O) groups excluding carboxylic acids is 1. The Kier molecular flexibility index (Phi) is 7.38. The molecule has 0 aliphatic rings. The first-order chi connectivity index (χ1) is 9.63. The van der Waals surface area contributed by atoms with Gasteiger partial charge in [0.1, 0.15) is 6.61 Å². The molecule has 20 heavy (non-hydrogen) atoms. The average molecular weight is 284 g/mol. The Bertz CT molecular complexity index is 415. The molecule has 7 nitrogen and oxygen atoms in total. The quantitative estimate of drug-likeness (QED) is 0.389. The number of carbonyl (C=O) groups is 1. The zero-order valence-electron chi connectivity index (χ0n) is 12.1. The number of methoxy groups -OCH3 is 1. The van der Waals surface area contributed by atoms with Gasteiger partial charge in [-0.2, -0.15) is 0 Å². The van der Waals surface area contributed by atoms with Gasteiger partial charge in [0.15, 0.2) is 5.76 Å². The van der Waals surface area contributed by atoms with E-state index in [4.69, 9.17) is 13.9 Å². The van der Waals surface area contributed by atoms with E-state index in [-0.39, 0.29) is 17.7 Å². The number of rotatable bonds is 7. The van der Waals surface area contributed by atoms with Gasteiger partial charge in [-0.3, -0.25) is 10.1 Å². The van der Waals surface area contributed by atoms with Gasteiger partial charge in [0.25, 0.3) is 11.9 Å². The van der Waals surface area contributed by atoms with Crippen molar-refractivity contribution >= 4 is 11.9 Å². The van der Waals surface area contributed by atoms with E-state index in [1.54, 1.807) is 19.2 Å². The Morgan fingerprint density at radius 3 is 2.85 bits per heavy atom. The summed E-state index contributed by atoms with van der Waals surface area (Å²) in [6.07, 6.45) is 1.44. The molecule has 0 aliphatic carbocycles. The van der Waals surface area contributed by atoms with Crippen molar-refractivity contribution in [2.45, 2.75) is 0 Å². The van der Waals surface area contributed by atoms with Crippen LogP contribution in [0.4, 0.5) is 0 Å². The zero-order chi connectivity index (χ0) is 14.8. The van der Waals surface area contributed by atoms with E-state index in [0.29, 0.717) is 19.8 Å². The number of quaternary nitrogens is 1. The highest BCUT2D eigenvalue weighted by molar-refractivity contribution is 6.02. The second kappa shape index (κ2) is 9.11. The van der Waals surface area contributed by atoms with Crippen LogP contribution in [0.25, 0.3) is 0 Å². The highest BCUT2D eigenvalue weighted by Gasteiger charge is 2.12. The van der Waals surface area contributed by atoms with Crippen molar-refractivity contribution in [3.8, 4) is 0 Å². The summed E-state index contributed by atoms with van der Waals surface area (Å²) in [7, 11) is 5.64. The molecule has 1 aromatic heterocycles. The summed E-state index contributed by atoms with van der Waals surface area (Å²) >= 11 is 0. The lowest BCUT2D eigenvalue weighted by Gasteiger charge is -2.10. The Labute approximate surface area is 118 Å². The SMILES string of the molecule is COCCOC(=NCC[NH+](C)C)NC(=O)c1ccco1. The highest BCUT2D eigenvalue weighted by Crippen LogP contribution is 1.99. The molecule has 2 N–H and O–H groups in total. The van der Waals surface area contributed by atoms with Gasteiger partial charge in [0.2, 0.25) is 0 Å².